The zero-order valence-electron chi connectivity index (χ0n) is 8.31. The van der Waals surface area contributed by atoms with Gasteiger partial charge in [0.1, 0.15) is 10.1 Å². The van der Waals surface area contributed by atoms with Crippen molar-refractivity contribution in [2.75, 3.05) is 0 Å². The van der Waals surface area contributed by atoms with E-state index in [4.69, 9.17) is 0 Å². The lowest BCUT2D eigenvalue weighted by molar-refractivity contribution is 0.527. The molecule has 4 nitrogen and oxygen atoms in total. The summed E-state index contributed by atoms with van der Waals surface area (Å²) in [4.78, 5) is 7.06. The molecule has 0 amide bonds. The average Bonchev–Trinajstić information content (AvgIpc) is 2.45. The van der Waals surface area contributed by atoms with Crippen LogP contribution in [0.3, 0.4) is 0 Å². The van der Waals surface area contributed by atoms with Crippen molar-refractivity contribution in [2.45, 2.75) is 17.0 Å². The van der Waals surface area contributed by atoms with Crippen molar-refractivity contribution in [2.24, 2.45) is 7.05 Å². The second kappa shape index (κ2) is 3.98. The van der Waals surface area contributed by atoms with Crippen LogP contribution in [0.4, 0.5) is 4.39 Å². The Balaban J connectivity index is 2.25. The predicted molar refractivity (Wildman–Crippen MR) is 54.1 cm³/mol. The Morgan fingerprint density at radius 3 is 2.87 bits per heavy atom. The van der Waals surface area contributed by atoms with E-state index in [1.807, 2.05) is 20.0 Å². The van der Waals surface area contributed by atoms with Gasteiger partial charge in [0.05, 0.1) is 5.69 Å². The molecule has 0 aromatic carbocycles. The van der Waals surface area contributed by atoms with Crippen LogP contribution in [0.25, 0.3) is 0 Å². The topological polar surface area (TPSA) is 43.6 Å². The van der Waals surface area contributed by atoms with E-state index in [1.54, 1.807) is 10.7 Å². The van der Waals surface area contributed by atoms with Crippen molar-refractivity contribution in [1.82, 2.24) is 19.7 Å². The first kappa shape index (κ1) is 10.1. The van der Waals surface area contributed by atoms with Gasteiger partial charge in [-0.25, -0.2) is 4.98 Å². The molecule has 0 unspecified atom stereocenters. The first-order valence-corrected chi connectivity index (χ1v) is 5.14. The van der Waals surface area contributed by atoms with E-state index in [0.29, 0.717) is 5.03 Å². The Hall–Kier alpha value is -1.43. The van der Waals surface area contributed by atoms with Crippen LogP contribution < -0.4 is 0 Å². The van der Waals surface area contributed by atoms with Gasteiger partial charge in [0.2, 0.25) is 0 Å². The highest BCUT2D eigenvalue weighted by Crippen LogP contribution is 2.25. The summed E-state index contributed by atoms with van der Waals surface area (Å²) in [6.07, 6.45) is 0.687. The van der Waals surface area contributed by atoms with E-state index < -0.39 is 6.08 Å². The Bertz CT molecular complexity index is 483. The van der Waals surface area contributed by atoms with Gasteiger partial charge in [0.15, 0.2) is 0 Å². The van der Waals surface area contributed by atoms with Gasteiger partial charge in [0, 0.05) is 13.2 Å². The molecule has 15 heavy (non-hydrogen) atoms. The summed E-state index contributed by atoms with van der Waals surface area (Å²) < 4.78 is 14.5. The minimum absolute atomic E-state index is 0.575. The molecule has 0 fully saturated rings. The molecule has 0 aliphatic heterocycles. The maximum Gasteiger partial charge on any atom is 0.309 e. The number of hydrogen-bond acceptors (Lipinski definition) is 4. The smallest absolute Gasteiger partial charge is 0.261 e. The maximum absolute atomic E-state index is 12.7. The van der Waals surface area contributed by atoms with Crippen LogP contribution in [0.1, 0.15) is 5.69 Å². The van der Waals surface area contributed by atoms with E-state index in [0.717, 1.165) is 10.7 Å². The van der Waals surface area contributed by atoms with Crippen molar-refractivity contribution in [3.05, 3.63) is 30.1 Å². The molecule has 0 radical (unpaired) electrons. The SMILES string of the molecule is Cc1cc(Sc2ccnc(F)n2)n(C)n1. The second-order valence-corrected chi connectivity index (χ2v) is 4.05. The van der Waals surface area contributed by atoms with Crippen LogP contribution in [-0.2, 0) is 7.05 Å². The van der Waals surface area contributed by atoms with Crippen molar-refractivity contribution < 1.29 is 4.39 Å². The fraction of sp³-hybridized carbons (Fsp3) is 0.222. The molecule has 2 aromatic rings. The zero-order chi connectivity index (χ0) is 10.8. The standard InChI is InChI=1S/C9H9FN4S/c1-6-5-8(14(2)13-6)15-7-3-4-11-9(10)12-7/h3-5H,1-2H3. The van der Waals surface area contributed by atoms with Gasteiger partial charge in [-0.05, 0) is 19.1 Å². The molecule has 0 bridgehead atoms. The van der Waals surface area contributed by atoms with Gasteiger partial charge in [-0.1, -0.05) is 11.8 Å². The van der Waals surface area contributed by atoms with Crippen molar-refractivity contribution >= 4 is 11.8 Å². The Labute approximate surface area is 90.6 Å². The van der Waals surface area contributed by atoms with E-state index >= 15 is 0 Å². The maximum atomic E-state index is 12.7. The van der Waals surface area contributed by atoms with E-state index in [9.17, 15) is 4.39 Å². The molecule has 0 saturated carbocycles. The molecule has 2 heterocycles. The molecule has 0 N–H and O–H groups in total. The average molecular weight is 224 g/mol. The third kappa shape index (κ3) is 2.33. The van der Waals surface area contributed by atoms with Crippen molar-refractivity contribution in [3.63, 3.8) is 0 Å². The number of halogens is 1. The Morgan fingerprint density at radius 1 is 1.47 bits per heavy atom. The Morgan fingerprint density at radius 2 is 2.27 bits per heavy atom. The van der Waals surface area contributed by atoms with Crippen LogP contribution in [0.2, 0.25) is 0 Å². The summed E-state index contributed by atoms with van der Waals surface area (Å²) in [6.45, 7) is 1.91. The van der Waals surface area contributed by atoms with Crippen molar-refractivity contribution in [1.29, 1.82) is 0 Å². The number of aromatic nitrogens is 4. The lowest BCUT2D eigenvalue weighted by atomic mass is 10.5. The summed E-state index contributed by atoms with van der Waals surface area (Å²) in [5, 5.41) is 5.68. The van der Waals surface area contributed by atoms with Crippen LogP contribution in [0.5, 0.6) is 0 Å². The predicted octanol–water partition coefficient (Wildman–Crippen LogP) is 1.81. The summed E-state index contributed by atoms with van der Waals surface area (Å²) in [5.74, 6) is 0. The highest BCUT2D eigenvalue weighted by molar-refractivity contribution is 7.99. The monoisotopic (exact) mass is 224 g/mol. The molecule has 0 spiro atoms. The van der Waals surface area contributed by atoms with Crippen LogP contribution in [-0.4, -0.2) is 19.7 Å². The molecular weight excluding hydrogens is 215 g/mol. The molecule has 6 heteroatoms. The quantitative estimate of drug-likeness (QED) is 0.576. The number of hydrogen-bond donors (Lipinski definition) is 0. The summed E-state index contributed by atoms with van der Waals surface area (Å²) in [5.41, 5.74) is 0.925. The van der Waals surface area contributed by atoms with Crippen LogP contribution in [0, 0.1) is 13.0 Å². The largest absolute Gasteiger partial charge is 0.309 e. The van der Waals surface area contributed by atoms with E-state index in [-0.39, 0.29) is 0 Å². The van der Waals surface area contributed by atoms with Crippen molar-refractivity contribution in [3.8, 4) is 0 Å². The minimum Gasteiger partial charge on any atom is -0.261 e. The zero-order valence-corrected chi connectivity index (χ0v) is 9.12. The van der Waals surface area contributed by atoms with E-state index in [1.165, 1.54) is 18.0 Å². The number of aryl methyl sites for hydroxylation is 2. The van der Waals surface area contributed by atoms with Gasteiger partial charge >= 0.3 is 6.08 Å². The first-order chi connectivity index (χ1) is 7.15. The fourth-order valence-corrected chi connectivity index (χ4v) is 2.03. The van der Waals surface area contributed by atoms with E-state index in [2.05, 4.69) is 15.1 Å². The molecule has 78 valence electrons. The highest BCUT2D eigenvalue weighted by atomic mass is 32.2. The van der Waals surface area contributed by atoms with Gasteiger partial charge in [0.25, 0.3) is 0 Å². The molecule has 0 aliphatic carbocycles. The number of rotatable bonds is 2. The minimum atomic E-state index is -0.709. The van der Waals surface area contributed by atoms with Crippen LogP contribution >= 0.6 is 11.8 Å². The van der Waals surface area contributed by atoms with Gasteiger partial charge in [-0.15, -0.1) is 0 Å². The molecule has 0 atom stereocenters. The first-order valence-electron chi connectivity index (χ1n) is 4.32. The normalized spacial score (nSPS) is 10.6. The summed E-state index contributed by atoms with van der Waals surface area (Å²) in [7, 11) is 1.84. The van der Waals surface area contributed by atoms with Crippen LogP contribution in [0.15, 0.2) is 28.4 Å². The second-order valence-electron chi connectivity index (χ2n) is 3.01. The van der Waals surface area contributed by atoms with Gasteiger partial charge in [-0.3, -0.25) is 4.68 Å². The lowest BCUT2D eigenvalue weighted by Gasteiger charge is -1.99. The highest BCUT2D eigenvalue weighted by Gasteiger charge is 2.06. The molecular formula is C9H9FN4S. The number of nitrogens with zero attached hydrogens (tertiary/aromatic N) is 4. The molecule has 2 aromatic heterocycles. The third-order valence-corrected chi connectivity index (χ3v) is 2.80. The molecule has 2 rings (SSSR count). The molecule has 0 aliphatic rings. The third-order valence-electron chi connectivity index (χ3n) is 1.77. The summed E-state index contributed by atoms with van der Waals surface area (Å²) in [6, 6.07) is 3.58. The molecule has 0 saturated heterocycles. The lowest BCUT2D eigenvalue weighted by Crippen LogP contribution is -1.94. The summed E-state index contributed by atoms with van der Waals surface area (Å²) >= 11 is 1.36. The van der Waals surface area contributed by atoms with Gasteiger partial charge in [-0.2, -0.15) is 14.5 Å². The fourth-order valence-electron chi connectivity index (χ4n) is 1.17. The van der Waals surface area contributed by atoms with Gasteiger partial charge < -0.3 is 0 Å². The Kier molecular flexibility index (Phi) is 2.68.